The summed E-state index contributed by atoms with van der Waals surface area (Å²) in [5.74, 6) is 0.0647. The SMILES string of the molecule is O=C(NC[C@@H]1CCCO1)c1ccc(S(=O)(=O)N2CCC(c3nc4ccccc4s3)CC2)cc1. The van der Waals surface area contributed by atoms with Gasteiger partial charge in [-0.3, -0.25) is 4.79 Å². The van der Waals surface area contributed by atoms with Gasteiger partial charge in [-0.1, -0.05) is 12.1 Å². The summed E-state index contributed by atoms with van der Waals surface area (Å²) < 4.78 is 34.5. The van der Waals surface area contributed by atoms with Crippen LogP contribution in [0.1, 0.15) is 47.0 Å². The highest BCUT2D eigenvalue weighted by molar-refractivity contribution is 7.89. The van der Waals surface area contributed by atoms with E-state index in [9.17, 15) is 13.2 Å². The molecule has 9 heteroatoms. The molecule has 5 rings (SSSR count). The highest BCUT2D eigenvalue weighted by Gasteiger charge is 2.31. The number of sulfonamides is 1. The predicted molar refractivity (Wildman–Crippen MR) is 128 cm³/mol. The van der Waals surface area contributed by atoms with Crippen molar-refractivity contribution < 1.29 is 17.9 Å². The van der Waals surface area contributed by atoms with Crippen LogP contribution >= 0.6 is 11.3 Å². The van der Waals surface area contributed by atoms with Crippen molar-refractivity contribution in [1.29, 1.82) is 0 Å². The number of aromatic nitrogens is 1. The number of nitrogens with zero attached hydrogens (tertiary/aromatic N) is 2. The topological polar surface area (TPSA) is 88.6 Å². The first-order valence-electron chi connectivity index (χ1n) is 11.4. The minimum atomic E-state index is -3.60. The Morgan fingerprint density at radius 2 is 1.85 bits per heavy atom. The van der Waals surface area contributed by atoms with Crippen molar-refractivity contribution in [2.45, 2.75) is 42.6 Å². The van der Waals surface area contributed by atoms with Crippen LogP contribution in [0, 0.1) is 0 Å². The number of fused-ring (bicyclic) bond motifs is 1. The number of piperidine rings is 1. The van der Waals surface area contributed by atoms with Gasteiger partial charge in [0.25, 0.3) is 5.91 Å². The fourth-order valence-corrected chi connectivity index (χ4v) is 7.06. The fraction of sp³-hybridized carbons (Fsp3) is 0.417. The molecule has 2 aliphatic heterocycles. The minimum absolute atomic E-state index is 0.0688. The van der Waals surface area contributed by atoms with E-state index in [2.05, 4.69) is 11.4 Å². The molecule has 0 saturated carbocycles. The molecule has 0 spiro atoms. The minimum Gasteiger partial charge on any atom is -0.376 e. The van der Waals surface area contributed by atoms with Crippen molar-refractivity contribution in [3.05, 3.63) is 59.1 Å². The summed E-state index contributed by atoms with van der Waals surface area (Å²) in [5.41, 5.74) is 1.45. The number of ether oxygens (including phenoxy) is 1. The Labute approximate surface area is 197 Å². The summed E-state index contributed by atoms with van der Waals surface area (Å²) in [4.78, 5) is 17.3. The first-order chi connectivity index (χ1) is 16.0. The number of rotatable bonds is 6. The summed E-state index contributed by atoms with van der Waals surface area (Å²) in [5, 5.41) is 3.95. The van der Waals surface area contributed by atoms with Crippen LogP contribution in [-0.2, 0) is 14.8 Å². The summed E-state index contributed by atoms with van der Waals surface area (Å²) in [6.45, 7) is 2.15. The Balaban J connectivity index is 1.20. The van der Waals surface area contributed by atoms with Crippen LogP contribution < -0.4 is 5.32 Å². The third-order valence-corrected chi connectivity index (χ3v) is 9.49. The highest BCUT2D eigenvalue weighted by Crippen LogP contribution is 2.35. The molecule has 2 saturated heterocycles. The molecule has 2 aromatic carbocycles. The Hall–Kier alpha value is -2.33. The average Bonchev–Trinajstić information content (AvgIpc) is 3.52. The molecule has 2 fully saturated rings. The maximum Gasteiger partial charge on any atom is 0.251 e. The molecule has 174 valence electrons. The van der Waals surface area contributed by atoms with Gasteiger partial charge in [0.15, 0.2) is 0 Å². The van der Waals surface area contributed by atoms with E-state index in [-0.39, 0.29) is 22.8 Å². The molecule has 0 radical (unpaired) electrons. The lowest BCUT2D eigenvalue weighted by molar-refractivity contribution is 0.0857. The van der Waals surface area contributed by atoms with E-state index >= 15 is 0 Å². The number of para-hydroxylation sites is 1. The highest BCUT2D eigenvalue weighted by atomic mass is 32.2. The van der Waals surface area contributed by atoms with Gasteiger partial charge in [-0.2, -0.15) is 4.31 Å². The summed E-state index contributed by atoms with van der Waals surface area (Å²) in [6.07, 6.45) is 3.54. The van der Waals surface area contributed by atoms with Crippen molar-refractivity contribution in [2.24, 2.45) is 0 Å². The Morgan fingerprint density at radius 1 is 1.09 bits per heavy atom. The molecule has 0 aliphatic carbocycles. The summed E-state index contributed by atoms with van der Waals surface area (Å²) in [7, 11) is -3.60. The van der Waals surface area contributed by atoms with Crippen molar-refractivity contribution in [3.8, 4) is 0 Å². The van der Waals surface area contributed by atoms with Crippen LogP contribution in [0.25, 0.3) is 10.2 Å². The fourth-order valence-electron chi connectivity index (χ4n) is 4.45. The molecule has 1 amide bonds. The molecule has 0 bridgehead atoms. The van der Waals surface area contributed by atoms with E-state index in [0.717, 1.165) is 42.8 Å². The van der Waals surface area contributed by atoms with Crippen LogP contribution in [0.4, 0.5) is 0 Å². The first-order valence-corrected chi connectivity index (χ1v) is 13.6. The molecule has 3 heterocycles. The second-order valence-corrected chi connectivity index (χ2v) is 11.6. The quantitative estimate of drug-likeness (QED) is 0.574. The van der Waals surface area contributed by atoms with Gasteiger partial charge in [0, 0.05) is 37.7 Å². The molecule has 1 atom stereocenters. The lowest BCUT2D eigenvalue weighted by atomic mass is 9.99. The van der Waals surface area contributed by atoms with Gasteiger partial charge in [0.2, 0.25) is 10.0 Å². The normalized spacial score (nSPS) is 20.3. The van der Waals surface area contributed by atoms with Gasteiger partial charge in [0.1, 0.15) is 0 Å². The molecule has 0 unspecified atom stereocenters. The monoisotopic (exact) mass is 485 g/mol. The van der Waals surface area contributed by atoms with E-state index in [1.807, 2.05) is 18.2 Å². The Morgan fingerprint density at radius 3 is 2.55 bits per heavy atom. The lowest BCUT2D eigenvalue weighted by Gasteiger charge is -2.30. The molecule has 1 N–H and O–H groups in total. The van der Waals surface area contributed by atoms with Crippen molar-refractivity contribution >= 4 is 37.5 Å². The van der Waals surface area contributed by atoms with Crippen LogP contribution in [0.15, 0.2) is 53.4 Å². The molecule has 3 aromatic rings. The van der Waals surface area contributed by atoms with Crippen LogP contribution in [0.2, 0.25) is 0 Å². The maximum atomic E-state index is 13.1. The zero-order valence-electron chi connectivity index (χ0n) is 18.3. The predicted octanol–water partition coefficient (Wildman–Crippen LogP) is 3.77. The second-order valence-electron chi connectivity index (χ2n) is 8.57. The number of hydrogen-bond donors (Lipinski definition) is 1. The van der Waals surface area contributed by atoms with Gasteiger partial charge in [-0.15, -0.1) is 11.3 Å². The largest absolute Gasteiger partial charge is 0.376 e. The number of carbonyl (C=O) groups is 1. The number of amides is 1. The van der Waals surface area contributed by atoms with Gasteiger partial charge in [0.05, 0.1) is 26.2 Å². The average molecular weight is 486 g/mol. The van der Waals surface area contributed by atoms with Gasteiger partial charge in [-0.05, 0) is 62.1 Å². The molecular formula is C24H27N3O4S2. The lowest BCUT2D eigenvalue weighted by Crippen LogP contribution is -2.38. The molecule has 7 nitrogen and oxygen atoms in total. The molecule has 33 heavy (non-hydrogen) atoms. The Bertz CT molecular complexity index is 1190. The maximum absolute atomic E-state index is 13.1. The zero-order valence-corrected chi connectivity index (χ0v) is 19.9. The smallest absolute Gasteiger partial charge is 0.251 e. The summed E-state index contributed by atoms with van der Waals surface area (Å²) in [6, 6.07) is 14.3. The van der Waals surface area contributed by atoms with Crippen LogP contribution in [0.5, 0.6) is 0 Å². The molecule has 1 aromatic heterocycles. The second kappa shape index (κ2) is 9.50. The summed E-state index contributed by atoms with van der Waals surface area (Å²) >= 11 is 1.70. The van der Waals surface area contributed by atoms with E-state index < -0.39 is 10.0 Å². The van der Waals surface area contributed by atoms with Crippen LogP contribution in [-0.4, -0.2) is 56.0 Å². The van der Waals surface area contributed by atoms with Crippen molar-refractivity contribution in [1.82, 2.24) is 14.6 Å². The van der Waals surface area contributed by atoms with E-state index in [1.165, 1.54) is 16.8 Å². The molecular weight excluding hydrogens is 458 g/mol. The van der Waals surface area contributed by atoms with E-state index in [0.29, 0.717) is 25.2 Å². The standard InChI is InChI=1S/C24H27N3O4S2/c28-23(25-16-19-4-3-15-31-19)17-7-9-20(10-8-17)33(29,30)27-13-11-18(12-14-27)24-26-21-5-1-2-6-22(21)32-24/h1-2,5-10,18-19H,3-4,11-16H2,(H,25,28)/t19-/m0/s1. The van der Waals surface area contributed by atoms with Crippen LogP contribution in [0.3, 0.4) is 0 Å². The van der Waals surface area contributed by atoms with Gasteiger partial charge < -0.3 is 10.1 Å². The number of nitrogens with one attached hydrogen (secondary N) is 1. The van der Waals surface area contributed by atoms with Crippen molar-refractivity contribution in [3.63, 3.8) is 0 Å². The first kappa shape index (κ1) is 22.5. The van der Waals surface area contributed by atoms with Crippen molar-refractivity contribution in [2.75, 3.05) is 26.2 Å². The van der Waals surface area contributed by atoms with Gasteiger partial charge >= 0.3 is 0 Å². The number of carbonyl (C=O) groups excluding carboxylic acids is 1. The zero-order chi connectivity index (χ0) is 22.8. The van der Waals surface area contributed by atoms with Gasteiger partial charge in [-0.25, -0.2) is 13.4 Å². The third-order valence-electron chi connectivity index (χ3n) is 6.38. The number of benzene rings is 2. The third kappa shape index (κ3) is 4.82. The Kier molecular flexibility index (Phi) is 6.47. The number of hydrogen-bond acceptors (Lipinski definition) is 6. The molecule has 2 aliphatic rings. The van der Waals surface area contributed by atoms with E-state index in [4.69, 9.17) is 9.72 Å². The van der Waals surface area contributed by atoms with E-state index in [1.54, 1.807) is 27.8 Å². The number of thiazole rings is 1.